The van der Waals surface area contributed by atoms with E-state index < -0.39 is 23.4 Å². The summed E-state index contributed by atoms with van der Waals surface area (Å²) in [7, 11) is 1.25. The molecule has 0 radical (unpaired) electrons. The highest BCUT2D eigenvalue weighted by molar-refractivity contribution is 5.96. The van der Waals surface area contributed by atoms with Crippen molar-refractivity contribution in [3.05, 3.63) is 71.4 Å². The van der Waals surface area contributed by atoms with Gasteiger partial charge in [-0.2, -0.15) is 4.39 Å². The number of carbonyl (C=O) groups is 1. The molecule has 4 aromatic rings. The van der Waals surface area contributed by atoms with E-state index in [1.54, 1.807) is 19.2 Å². The van der Waals surface area contributed by atoms with Crippen LogP contribution in [0.25, 0.3) is 16.9 Å². The number of hydrogen-bond donors (Lipinski definition) is 3. The van der Waals surface area contributed by atoms with Crippen molar-refractivity contribution < 1.29 is 22.7 Å². The van der Waals surface area contributed by atoms with Gasteiger partial charge in [-0.25, -0.2) is 18.7 Å². The summed E-state index contributed by atoms with van der Waals surface area (Å²) in [6.07, 6.45) is 4.36. The lowest BCUT2D eigenvalue weighted by Crippen LogP contribution is -2.30. The summed E-state index contributed by atoms with van der Waals surface area (Å²) in [4.78, 5) is 20.7. The molecule has 1 amide bonds. The number of ether oxygens (including phenoxy) is 1. The van der Waals surface area contributed by atoms with Crippen molar-refractivity contribution in [3.8, 4) is 17.0 Å². The van der Waals surface area contributed by atoms with Crippen LogP contribution in [0.5, 0.6) is 5.75 Å². The van der Waals surface area contributed by atoms with Crippen LogP contribution in [0.4, 0.5) is 24.7 Å². The molecule has 0 saturated heterocycles. The number of nitrogens with two attached hydrogens (primary N) is 1. The molecule has 11 heteroatoms. The monoisotopic (exact) mass is 470 g/mol. The van der Waals surface area contributed by atoms with Gasteiger partial charge in [0, 0.05) is 36.7 Å². The molecule has 0 saturated carbocycles. The fourth-order valence-corrected chi connectivity index (χ4v) is 3.61. The van der Waals surface area contributed by atoms with Gasteiger partial charge in [0.1, 0.15) is 5.82 Å². The number of aryl methyl sites for hydroxylation is 1. The third kappa shape index (κ3) is 4.13. The molecule has 0 spiro atoms. The Morgan fingerprint density at radius 1 is 1.18 bits per heavy atom. The van der Waals surface area contributed by atoms with E-state index in [0.717, 1.165) is 6.07 Å². The van der Waals surface area contributed by atoms with Crippen LogP contribution in [-0.4, -0.2) is 40.5 Å². The predicted molar refractivity (Wildman–Crippen MR) is 121 cm³/mol. The second-order valence-electron chi connectivity index (χ2n) is 7.38. The molecule has 0 aliphatic rings. The van der Waals surface area contributed by atoms with Crippen LogP contribution in [0.15, 0.2) is 42.9 Å². The number of methoxy groups -OCH3 is 1. The molecule has 2 heterocycles. The maximum absolute atomic E-state index is 14.7. The van der Waals surface area contributed by atoms with Gasteiger partial charge >= 0.3 is 0 Å². The summed E-state index contributed by atoms with van der Waals surface area (Å²) < 4.78 is 49.9. The third-order valence-corrected chi connectivity index (χ3v) is 5.18. The van der Waals surface area contributed by atoms with Crippen LogP contribution >= 0.6 is 0 Å². The van der Waals surface area contributed by atoms with Crippen LogP contribution in [0.1, 0.15) is 15.9 Å². The fourth-order valence-electron chi connectivity index (χ4n) is 3.61. The molecule has 2 aromatic carbocycles. The van der Waals surface area contributed by atoms with Crippen LogP contribution in [0.3, 0.4) is 0 Å². The molecule has 0 aliphatic heterocycles. The first-order chi connectivity index (χ1) is 16.3. The normalized spacial score (nSPS) is 11.0. The Kier molecular flexibility index (Phi) is 6.37. The second-order valence-corrected chi connectivity index (χ2v) is 7.38. The van der Waals surface area contributed by atoms with Crippen molar-refractivity contribution in [1.82, 2.24) is 19.7 Å². The summed E-state index contributed by atoms with van der Waals surface area (Å²) in [5.41, 5.74) is 6.61. The molecule has 0 atom stereocenters. The van der Waals surface area contributed by atoms with Crippen molar-refractivity contribution in [3.63, 3.8) is 0 Å². The number of nitrogens with zero attached hydrogens (tertiary/aromatic N) is 3. The standard InChI is InChI=1S/C23H21F3N6O2/c1-12-9-13(10-15(24)18(12)23(33)29-6-5-27)31-21-22-30-11-16(32(22)8-7-28-21)14-3-4-17(34-2)20(26)19(14)25/h3-4,7-11H,5-6,27H2,1-2H3,(H,28,31)(H,29,33). The smallest absolute Gasteiger partial charge is 0.254 e. The molecule has 4 rings (SSSR count). The number of aromatic nitrogens is 3. The zero-order valence-electron chi connectivity index (χ0n) is 18.3. The summed E-state index contributed by atoms with van der Waals surface area (Å²) in [6, 6.07) is 5.47. The molecular formula is C23H21F3N6O2. The predicted octanol–water partition coefficient (Wildman–Crippen LogP) is 3.56. The van der Waals surface area contributed by atoms with E-state index in [9.17, 15) is 18.0 Å². The first kappa shape index (κ1) is 23.1. The zero-order chi connectivity index (χ0) is 24.4. The summed E-state index contributed by atoms with van der Waals surface area (Å²) in [5, 5.41) is 5.52. The molecule has 34 heavy (non-hydrogen) atoms. The molecule has 0 unspecified atom stereocenters. The molecule has 0 aliphatic carbocycles. The Morgan fingerprint density at radius 3 is 2.68 bits per heavy atom. The van der Waals surface area contributed by atoms with Gasteiger partial charge in [-0.1, -0.05) is 0 Å². The Balaban J connectivity index is 1.70. The van der Waals surface area contributed by atoms with Crippen LogP contribution in [0, 0.1) is 24.4 Å². The van der Waals surface area contributed by atoms with Gasteiger partial charge in [-0.15, -0.1) is 0 Å². The van der Waals surface area contributed by atoms with E-state index >= 15 is 0 Å². The fraction of sp³-hybridized carbons (Fsp3) is 0.174. The topological polar surface area (TPSA) is 107 Å². The van der Waals surface area contributed by atoms with Crippen molar-refractivity contribution in [2.45, 2.75) is 6.92 Å². The lowest BCUT2D eigenvalue weighted by molar-refractivity contribution is 0.0950. The summed E-state index contributed by atoms with van der Waals surface area (Å²) in [5.74, 6) is -3.42. The molecule has 0 bridgehead atoms. The van der Waals surface area contributed by atoms with Crippen molar-refractivity contribution in [2.24, 2.45) is 5.73 Å². The van der Waals surface area contributed by atoms with Crippen LogP contribution < -0.4 is 21.1 Å². The number of halogens is 3. The van der Waals surface area contributed by atoms with E-state index in [-0.39, 0.29) is 41.5 Å². The van der Waals surface area contributed by atoms with E-state index in [1.165, 1.54) is 36.0 Å². The van der Waals surface area contributed by atoms with Crippen molar-refractivity contribution in [2.75, 3.05) is 25.5 Å². The molecule has 0 fully saturated rings. The maximum Gasteiger partial charge on any atom is 0.254 e. The van der Waals surface area contributed by atoms with Crippen LogP contribution in [0.2, 0.25) is 0 Å². The first-order valence-electron chi connectivity index (χ1n) is 10.3. The van der Waals surface area contributed by atoms with E-state index in [1.807, 2.05) is 0 Å². The number of benzene rings is 2. The van der Waals surface area contributed by atoms with Gasteiger partial charge in [0.25, 0.3) is 5.91 Å². The minimum Gasteiger partial charge on any atom is -0.494 e. The highest BCUT2D eigenvalue weighted by Gasteiger charge is 2.20. The summed E-state index contributed by atoms with van der Waals surface area (Å²) in [6.45, 7) is 2.07. The average Bonchev–Trinajstić information content (AvgIpc) is 3.24. The van der Waals surface area contributed by atoms with Gasteiger partial charge in [-0.05, 0) is 36.8 Å². The van der Waals surface area contributed by atoms with Crippen molar-refractivity contribution >= 4 is 23.1 Å². The molecular weight excluding hydrogens is 449 g/mol. The SMILES string of the molecule is COc1ccc(-c2cnc3c(Nc4cc(C)c(C(=O)NCCN)c(F)c4)nccn23)c(F)c1F. The Bertz CT molecular complexity index is 1370. The van der Waals surface area contributed by atoms with Gasteiger partial charge in [0.15, 0.2) is 23.0 Å². The van der Waals surface area contributed by atoms with E-state index in [0.29, 0.717) is 16.9 Å². The Morgan fingerprint density at radius 2 is 1.97 bits per heavy atom. The van der Waals surface area contributed by atoms with Gasteiger partial charge in [0.2, 0.25) is 5.82 Å². The second kappa shape index (κ2) is 9.40. The zero-order valence-corrected chi connectivity index (χ0v) is 18.3. The van der Waals surface area contributed by atoms with Gasteiger partial charge in [0.05, 0.1) is 24.6 Å². The van der Waals surface area contributed by atoms with E-state index in [2.05, 4.69) is 20.6 Å². The highest BCUT2D eigenvalue weighted by Crippen LogP contribution is 2.31. The highest BCUT2D eigenvalue weighted by atomic mass is 19.2. The van der Waals surface area contributed by atoms with Gasteiger partial charge < -0.3 is 21.1 Å². The Labute approximate surface area is 192 Å². The minimum atomic E-state index is -1.11. The third-order valence-electron chi connectivity index (χ3n) is 5.18. The number of rotatable bonds is 7. The Hall–Kier alpha value is -4.12. The number of nitrogens with one attached hydrogen (secondary N) is 2. The lowest BCUT2D eigenvalue weighted by atomic mass is 10.1. The summed E-state index contributed by atoms with van der Waals surface area (Å²) >= 11 is 0. The molecule has 176 valence electrons. The molecule has 4 N–H and O–H groups in total. The number of anilines is 2. The van der Waals surface area contributed by atoms with E-state index in [4.69, 9.17) is 10.5 Å². The quantitative estimate of drug-likeness (QED) is 0.381. The largest absolute Gasteiger partial charge is 0.494 e. The molecule has 8 nitrogen and oxygen atoms in total. The maximum atomic E-state index is 14.7. The number of fused-ring (bicyclic) bond motifs is 1. The minimum absolute atomic E-state index is 0.0160. The number of imidazole rings is 1. The van der Waals surface area contributed by atoms with Crippen LogP contribution in [-0.2, 0) is 0 Å². The number of amides is 1. The van der Waals surface area contributed by atoms with Gasteiger partial charge in [-0.3, -0.25) is 9.20 Å². The number of hydrogen-bond acceptors (Lipinski definition) is 6. The van der Waals surface area contributed by atoms with Crippen molar-refractivity contribution in [1.29, 1.82) is 0 Å². The molecule has 2 aromatic heterocycles. The lowest BCUT2D eigenvalue weighted by Gasteiger charge is -2.12. The average molecular weight is 470 g/mol. The number of carbonyl (C=O) groups excluding carboxylic acids is 1. The first-order valence-corrected chi connectivity index (χ1v) is 10.3.